The molecule has 0 bridgehead atoms. The van der Waals surface area contributed by atoms with Gasteiger partial charge >= 0.3 is 5.63 Å². The van der Waals surface area contributed by atoms with E-state index < -0.39 is 77.7 Å². The number of primary amides is 1. The Labute approximate surface area is 366 Å². The molecule has 0 saturated carbocycles. The maximum absolute atomic E-state index is 14.7. The number of hydrogen-bond acceptors (Lipinski definition) is 9. The summed E-state index contributed by atoms with van der Waals surface area (Å²) in [6, 6.07) is 15.9. The number of nitrogens with one attached hydrogen (secondary N) is 6. The number of carbonyl (C=O) groups is 6. The fraction of sp³-hybridized carbons (Fsp3) is 0.319. The van der Waals surface area contributed by atoms with Crippen LogP contribution in [0, 0.1) is 6.92 Å². The first-order valence-electron chi connectivity index (χ1n) is 21.3. The highest BCUT2D eigenvalue weighted by Crippen LogP contribution is 2.25. The molecular weight excluding hydrogens is 819 g/mol. The van der Waals surface area contributed by atoms with Crippen LogP contribution < -0.4 is 32.6 Å². The van der Waals surface area contributed by atoms with Crippen molar-refractivity contribution in [2.24, 2.45) is 10.7 Å². The Bertz CT molecular complexity index is 2900. The van der Waals surface area contributed by atoms with Crippen molar-refractivity contribution < 1.29 is 33.2 Å². The minimum atomic E-state index is -1.33. The summed E-state index contributed by atoms with van der Waals surface area (Å²) in [5.41, 5.74) is 10.2. The van der Waals surface area contributed by atoms with Crippen molar-refractivity contribution in [1.82, 2.24) is 30.8 Å². The van der Waals surface area contributed by atoms with Gasteiger partial charge < -0.3 is 46.3 Å². The van der Waals surface area contributed by atoms with Crippen molar-refractivity contribution in [1.29, 1.82) is 0 Å². The van der Waals surface area contributed by atoms with Crippen LogP contribution in [0.1, 0.15) is 55.7 Å². The molecule has 1 saturated heterocycles. The number of rotatable bonds is 15. The first kappa shape index (κ1) is 43.1. The van der Waals surface area contributed by atoms with Gasteiger partial charge in [-0.15, -0.1) is 0 Å². The standard InChI is InChI=1S/C47H49N9O8/c1-25-18-42(58)64-40-21-29(14-15-30(25)40)52-44(60)36(19-27-23-49-33-10-5-3-8-31(27)33)53-45(61)37(20-28-24-50-34-11-6-4-9-32(28)34)54-46(62)39-12-7-17-56(39)47(63)38(22-41(48)57)55-43(59)35-16-13-26(2)51-35/h3-6,8-11,14-15,18,21,23-24,35-39,49-50H,7,12-13,16-17,19-20,22H2,1-2H3,(H2,48,57)(H,52,60)(H,53,61)(H,54,62)(H,55,59). The topological polar surface area (TPSA) is 254 Å². The molecule has 5 atom stereocenters. The number of benzene rings is 3. The van der Waals surface area contributed by atoms with Crippen molar-refractivity contribution in [2.75, 3.05) is 11.9 Å². The van der Waals surface area contributed by atoms with Gasteiger partial charge in [-0.3, -0.25) is 33.8 Å². The molecule has 2 aliphatic heterocycles. The summed E-state index contributed by atoms with van der Waals surface area (Å²) in [5.74, 6) is -3.84. The predicted molar refractivity (Wildman–Crippen MR) is 240 cm³/mol. The number of anilines is 1. The lowest BCUT2D eigenvalue weighted by Crippen LogP contribution is -2.58. The van der Waals surface area contributed by atoms with Gasteiger partial charge in [-0.2, -0.15) is 0 Å². The Hall–Kier alpha value is -7.56. The molecular formula is C47H49N9O8. The van der Waals surface area contributed by atoms with E-state index in [1.807, 2.05) is 55.5 Å². The fourth-order valence-electron chi connectivity index (χ4n) is 8.73. The summed E-state index contributed by atoms with van der Waals surface area (Å²) >= 11 is 0. The lowest BCUT2D eigenvalue weighted by atomic mass is 10.0. The molecule has 6 aromatic rings. The van der Waals surface area contributed by atoms with Gasteiger partial charge in [-0.05, 0) is 80.5 Å². The molecule has 17 heteroatoms. The van der Waals surface area contributed by atoms with E-state index in [-0.39, 0.29) is 31.4 Å². The Kier molecular flexibility index (Phi) is 12.4. The number of likely N-dealkylation sites (tertiary alicyclic amines) is 1. The van der Waals surface area contributed by atoms with E-state index in [1.54, 1.807) is 37.5 Å². The highest BCUT2D eigenvalue weighted by atomic mass is 16.4. The molecule has 0 spiro atoms. The third-order valence-electron chi connectivity index (χ3n) is 12.0. The molecule has 0 aliphatic carbocycles. The zero-order valence-corrected chi connectivity index (χ0v) is 35.4. The van der Waals surface area contributed by atoms with E-state index in [1.165, 1.54) is 11.0 Å². The van der Waals surface area contributed by atoms with Gasteiger partial charge in [-0.1, -0.05) is 36.4 Å². The number of fused-ring (bicyclic) bond motifs is 3. The number of aliphatic imine (C=N–C) groups is 1. The number of H-pyrrole nitrogens is 2. The lowest BCUT2D eigenvalue weighted by molar-refractivity contribution is -0.143. The Morgan fingerprint density at radius 3 is 2.06 bits per heavy atom. The third-order valence-corrected chi connectivity index (χ3v) is 12.0. The number of aromatic nitrogens is 2. The van der Waals surface area contributed by atoms with E-state index in [0.717, 1.165) is 38.6 Å². The largest absolute Gasteiger partial charge is 0.423 e. The average Bonchev–Trinajstić information content (AvgIpc) is 4.10. The van der Waals surface area contributed by atoms with Gasteiger partial charge in [0.05, 0.1) is 6.42 Å². The van der Waals surface area contributed by atoms with Crippen LogP contribution in [-0.4, -0.2) is 92.8 Å². The quantitative estimate of drug-likeness (QED) is 0.0752. The van der Waals surface area contributed by atoms with Crippen LogP contribution in [0.25, 0.3) is 32.8 Å². The van der Waals surface area contributed by atoms with E-state index in [2.05, 4.69) is 36.2 Å². The smallest absolute Gasteiger partial charge is 0.336 e. The molecule has 2 aliphatic rings. The number of nitrogens with zero attached hydrogens (tertiary/aromatic N) is 2. The molecule has 5 heterocycles. The van der Waals surface area contributed by atoms with Gasteiger partial charge in [-0.25, -0.2) is 4.79 Å². The maximum Gasteiger partial charge on any atom is 0.336 e. The van der Waals surface area contributed by atoms with Crippen LogP contribution in [0.2, 0.25) is 0 Å². The molecule has 64 heavy (non-hydrogen) atoms. The number of hydrogen-bond donors (Lipinski definition) is 7. The average molecular weight is 868 g/mol. The maximum atomic E-state index is 14.7. The predicted octanol–water partition coefficient (Wildman–Crippen LogP) is 3.43. The minimum absolute atomic E-state index is 0.00835. The van der Waals surface area contributed by atoms with Gasteiger partial charge in [0.1, 0.15) is 35.8 Å². The Morgan fingerprint density at radius 2 is 1.42 bits per heavy atom. The highest BCUT2D eigenvalue weighted by Gasteiger charge is 2.40. The molecule has 17 nitrogen and oxygen atoms in total. The zero-order valence-electron chi connectivity index (χ0n) is 35.4. The molecule has 8 rings (SSSR count). The van der Waals surface area contributed by atoms with Crippen LogP contribution in [0.3, 0.4) is 0 Å². The first-order valence-corrected chi connectivity index (χ1v) is 21.3. The number of para-hydroxylation sites is 2. The van der Waals surface area contributed by atoms with E-state index in [4.69, 9.17) is 10.2 Å². The third kappa shape index (κ3) is 9.42. The molecule has 6 amide bonds. The second-order valence-electron chi connectivity index (χ2n) is 16.5. The fourth-order valence-corrected chi connectivity index (χ4v) is 8.73. The van der Waals surface area contributed by atoms with Crippen LogP contribution in [0.5, 0.6) is 0 Å². The van der Waals surface area contributed by atoms with E-state index >= 15 is 0 Å². The minimum Gasteiger partial charge on any atom is -0.423 e. The molecule has 3 aromatic heterocycles. The summed E-state index contributed by atoms with van der Waals surface area (Å²) in [4.78, 5) is 107. The first-order chi connectivity index (χ1) is 30.8. The van der Waals surface area contributed by atoms with Crippen molar-refractivity contribution in [2.45, 2.75) is 89.0 Å². The molecule has 5 unspecified atom stereocenters. The SMILES string of the molecule is CC1=NC(C(=O)NC(CC(N)=O)C(=O)N2CCCC2C(=O)NC(Cc2c[nH]c3ccccc23)C(=O)NC(Cc2c[nH]c3ccccc23)C(=O)Nc2ccc3c(C)cc(=O)oc3c2)CC1. The number of aromatic amines is 2. The van der Waals surface area contributed by atoms with Crippen LogP contribution in [-0.2, 0) is 41.6 Å². The molecule has 3 aromatic carbocycles. The van der Waals surface area contributed by atoms with Gasteiger partial charge in [0.2, 0.25) is 35.4 Å². The lowest BCUT2D eigenvalue weighted by Gasteiger charge is -2.30. The molecule has 8 N–H and O–H groups in total. The van der Waals surface area contributed by atoms with E-state index in [0.29, 0.717) is 35.9 Å². The normalized spacial score (nSPS) is 17.5. The molecule has 1 fully saturated rings. The van der Waals surface area contributed by atoms with E-state index in [9.17, 15) is 33.6 Å². The zero-order chi connectivity index (χ0) is 45.1. The van der Waals surface area contributed by atoms with Crippen LogP contribution >= 0.6 is 0 Å². The molecule has 0 radical (unpaired) electrons. The summed E-state index contributed by atoms with van der Waals surface area (Å²) in [5, 5.41) is 13.7. The summed E-state index contributed by atoms with van der Waals surface area (Å²) in [6.45, 7) is 3.76. The van der Waals surface area contributed by atoms with Crippen molar-refractivity contribution in [3.05, 3.63) is 112 Å². The number of amides is 6. The number of aryl methyl sites for hydroxylation is 1. The van der Waals surface area contributed by atoms with Crippen molar-refractivity contribution in [3.8, 4) is 0 Å². The highest BCUT2D eigenvalue weighted by molar-refractivity contribution is 6.02. The van der Waals surface area contributed by atoms with Crippen LogP contribution in [0.4, 0.5) is 5.69 Å². The summed E-state index contributed by atoms with van der Waals surface area (Å²) in [6.07, 6.45) is 4.91. The van der Waals surface area contributed by atoms with Crippen molar-refractivity contribution >= 4 is 79.6 Å². The van der Waals surface area contributed by atoms with Gasteiger partial charge in [0, 0.05) is 82.5 Å². The summed E-state index contributed by atoms with van der Waals surface area (Å²) < 4.78 is 5.42. The molecule has 330 valence electrons. The summed E-state index contributed by atoms with van der Waals surface area (Å²) in [7, 11) is 0. The van der Waals surface area contributed by atoms with Crippen LogP contribution in [0.15, 0.2) is 99.4 Å². The second kappa shape index (κ2) is 18.4. The second-order valence-corrected chi connectivity index (χ2v) is 16.5. The van der Waals surface area contributed by atoms with Crippen molar-refractivity contribution in [3.63, 3.8) is 0 Å². The number of nitrogens with two attached hydrogens (primary N) is 1. The monoisotopic (exact) mass is 867 g/mol. The van der Waals surface area contributed by atoms with Gasteiger partial charge in [0.15, 0.2) is 0 Å². The Balaban J connectivity index is 1.07. The number of carbonyl (C=O) groups excluding carboxylic acids is 6. The Morgan fingerprint density at radius 1 is 0.781 bits per heavy atom. The van der Waals surface area contributed by atoms with Gasteiger partial charge in [0.25, 0.3) is 0 Å².